The number of carboxylic acid groups (broad SMARTS) is 2. The lowest BCUT2D eigenvalue weighted by Crippen LogP contribution is -2.69. The number of carboxylic acids is 1. The molecule has 0 spiro atoms. The van der Waals surface area contributed by atoms with E-state index in [0.717, 1.165) is 9.80 Å². The van der Waals surface area contributed by atoms with E-state index < -0.39 is 30.1 Å². The monoisotopic (exact) mass is 266 g/mol. The number of allylic oxidation sites excluding steroid dienone is 1. The van der Waals surface area contributed by atoms with Crippen molar-refractivity contribution < 1.29 is 29.4 Å². The summed E-state index contributed by atoms with van der Waals surface area (Å²) in [6.45, 7) is 0.150. The second kappa shape index (κ2) is 3.56. The fourth-order valence-electron chi connectivity index (χ4n) is 3.27. The molecule has 0 aromatic heterocycles. The first-order valence-electron chi connectivity index (χ1n) is 5.71. The van der Waals surface area contributed by atoms with Gasteiger partial charge in [0, 0.05) is 18.0 Å². The van der Waals surface area contributed by atoms with Gasteiger partial charge in [-0.3, -0.25) is 19.4 Å². The Bertz CT molecular complexity index is 553. The highest BCUT2D eigenvalue weighted by Crippen LogP contribution is 2.46. The van der Waals surface area contributed by atoms with Crippen molar-refractivity contribution in [2.75, 3.05) is 6.54 Å². The van der Waals surface area contributed by atoms with Crippen LogP contribution in [0.3, 0.4) is 0 Å². The molecule has 0 aromatic rings. The van der Waals surface area contributed by atoms with Crippen LogP contribution < -0.4 is 0 Å². The first-order valence-corrected chi connectivity index (χ1v) is 5.71. The molecule has 0 aliphatic carbocycles. The van der Waals surface area contributed by atoms with Crippen LogP contribution in [0.2, 0.25) is 0 Å². The van der Waals surface area contributed by atoms with Gasteiger partial charge in [-0.2, -0.15) is 0 Å². The van der Waals surface area contributed by atoms with E-state index >= 15 is 0 Å². The number of likely N-dealkylation sites (tertiary alicyclic amines) is 1. The lowest BCUT2D eigenvalue weighted by Gasteiger charge is -2.48. The maximum Gasteiger partial charge on any atom is 0.408 e. The van der Waals surface area contributed by atoms with Crippen LogP contribution >= 0.6 is 0 Å². The number of hydrogen-bond donors (Lipinski definition) is 2. The molecule has 2 saturated heterocycles. The highest BCUT2D eigenvalue weighted by molar-refractivity contribution is 6.04. The van der Waals surface area contributed by atoms with Crippen LogP contribution in [0.5, 0.6) is 0 Å². The van der Waals surface area contributed by atoms with Crippen molar-refractivity contribution in [3.05, 3.63) is 11.3 Å². The smallest absolute Gasteiger partial charge is 0.408 e. The molecule has 100 valence electrons. The number of nitrogens with zero attached hydrogens (tertiary/aromatic N) is 2. The van der Waals surface area contributed by atoms with Gasteiger partial charge >= 0.3 is 12.1 Å². The summed E-state index contributed by atoms with van der Waals surface area (Å²) in [5.41, 5.74) is -0.252. The predicted octanol–water partition coefficient (Wildman–Crippen LogP) is -0.883. The highest BCUT2D eigenvalue weighted by Gasteiger charge is 2.64. The van der Waals surface area contributed by atoms with Gasteiger partial charge in [-0.05, 0) is 6.42 Å². The zero-order valence-corrected chi connectivity index (χ0v) is 9.65. The number of rotatable bonds is 2. The fraction of sp³-hybridized carbons (Fsp3) is 0.455. The van der Waals surface area contributed by atoms with E-state index in [0.29, 0.717) is 6.29 Å². The molecule has 2 amide bonds. The van der Waals surface area contributed by atoms with E-state index in [9.17, 15) is 19.2 Å². The molecule has 3 aliphatic rings. The van der Waals surface area contributed by atoms with E-state index in [1.165, 1.54) is 0 Å². The van der Waals surface area contributed by atoms with Gasteiger partial charge in [0.05, 0.1) is 6.04 Å². The molecule has 8 heteroatoms. The molecule has 0 unspecified atom stereocenters. The Hall–Kier alpha value is -2.38. The van der Waals surface area contributed by atoms with Crippen LogP contribution in [0.25, 0.3) is 0 Å². The molecular formula is C11H10N2O6. The second-order valence-electron chi connectivity index (χ2n) is 4.84. The summed E-state index contributed by atoms with van der Waals surface area (Å²) in [5.74, 6) is -2.10. The normalized spacial score (nSPS) is 32.0. The van der Waals surface area contributed by atoms with Gasteiger partial charge in [0.2, 0.25) is 0 Å². The zero-order chi connectivity index (χ0) is 13.9. The molecular weight excluding hydrogens is 256 g/mol. The molecule has 0 radical (unpaired) electrons. The molecule has 3 aliphatic heterocycles. The van der Waals surface area contributed by atoms with Crippen molar-refractivity contribution in [1.29, 1.82) is 0 Å². The summed E-state index contributed by atoms with van der Waals surface area (Å²) in [6, 6.07) is -1.25. The minimum absolute atomic E-state index is 0.0489. The topological polar surface area (TPSA) is 115 Å². The van der Waals surface area contributed by atoms with Crippen molar-refractivity contribution in [1.82, 2.24) is 9.80 Å². The second-order valence-corrected chi connectivity index (χ2v) is 4.84. The van der Waals surface area contributed by atoms with Crippen LogP contribution in [0.15, 0.2) is 11.3 Å². The fourth-order valence-corrected chi connectivity index (χ4v) is 3.27. The van der Waals surface area contributed by atoms with Gasteiger partial charge in [0.15, 0.2) is 0 Å². The molecule has 3 heterocycles. The maximum absolute atomic E-state index is 12.0. The third-order valence-corrected chi connectivity index (χ3v) is 3.98. The summed E-state index contributed by atoms with van der Waals surface area (Å²) in [7, 11) is 0. The highest BCUT2D eigenvalue weighted by atomic mass is 16.4. The van der Waals surface area contributed by atoms with Crippen LogP contribution in [0.4, 0.5) is 4.79 Å². The first-order chi connectivity index (χ1) is 8.97. The van der Waals surface area contributed by atoms with Crippen LogP contribution in [-0.4, -0.2) is 62.9 Å². The number of aldehydes is 1. The average Bonchev–Trinajstić information content (AvgIpc) is 2.72. The third-order valence-electron chi connectivity index (χ3n) is 3.98. The van der Waals surface area contributed by atoms with Crippen molar-refractivity contribution >= 4 is 24.3 Å². The van der Waals surface area contributed by atoms with E-state index in [4.69, 9.17) is 10.2 Å². The Morgan fingerprint density at radius 2 is 2.00 bits per heavy atom. The number of β-lactam (4-membered cyclic amide) rings is 1. The Balaban J connectivity index is 2.03. The summed E-state index contributed by atoms with van der Waals surface area (Å²) in [6.07, 6.45) is -0.569. The number of amides is 2. The predicted molar refractivity (Wildman–Crippen MR) is 58.0 cm³/mol. The van der Waals surface area contributed by atoms with Gasteiger partial charge in [-0.25, -0.2) is 9.59 Å². The standard InChI is InChI=1S/C11H10N2O6/c14-3-5-1-4-2-12(11(18)19)8-6(4)13(9(8)15)7(5)10(16)17/h3-4,6,8H,1-2H2,(H,16,17)(H,18,19)/t4-,6-,8+/m1/s1. The number of hydrogen-bond acceptors (Lipinski definition) is 4. The lowest BCUT2D eigenvalue weighted by molar-refractivity contribution is -0.156. The maximum atomic E-state index is 12.0. The molecule has 0 bridgehead atoms. The number of carbonyl (C=O) groups is 4. The van der Waals surface area contributed by atoms with Crippen LogP contribution in [0.1, 0.15) is 6.42 Å². The summed E-state index contributed by atoms with van der Waals surface area (Å²) < 4.78 is 0. The molecule has 0 aromatic carbocycles. The van der Waals surface area contributed by atoms with Crippen molar-refractivity contribution in [3.8, 4) is 0 Å². The summed E-state index contributed by atoms with van der Waals surface area (Å²) in [4.78, 5) is 47.2. The van der Waals surface area contributed by atoms with Gasteiger partial charge < -0.3 is 10.2 Å². The van der Waals surface area contributed by atoms with E-state index in [-0.39, 0.29) is 30.2 Å². The van der Waals surface area contributed by atoms with Gasteiger partial charge in [-0.15, -0.1) is 0 Å². The Morgan fingerprint density at radius 3 is 2.53 bits per heavy atom. The molecule has 2 N–H and O–H groups in total. The largest absolute Gasteiger partial charge is 0.477 e. The first kappa shape index (κ1) is 11.7. The van der Waals surface area contributed by atoms with Crippen LogP contribution in [0, 0.1) is 5.92 Å². The lowest BCUT2D eigenvalue weighted by atomic mass is 9.79. The van der Waals surface area contributed by atoms with Crippen molar-refractivity contribution in [3.63, 3.8) is 0 Å². The van der Waals surface area contributed by atoms with Gasteiger partial charge in [0.1, 0.15) is 18.0 Å². The van der Waals surface area contributed by atoms with Gasteiger partial charge in [-0.1, -0.05) is 0 Å². The zero-order valence-electron chi connectivity index (χ0n) is 9.65. The molecule has 3 rings (SSSR count). The van der Waals surface area contributed by atoms with Crippen LogP contribution in [-0.2, 0) is 14.4 Å². The minimum atomic E-state index is -1.33. The Morgan fingerprint density at radius 1 is 1.32 bits per heavy atom. The molecule has 3 atom stereocenters. The van der Waals surface area contributed by atoms with Crippen molar-refractivity contribution in [2.24, 2.45) is 5.92 Å². The summed E-state index contributed by atoms with van der Waals surface area (Å²) in [5, 5.41) is 18.1. The van der Waals surface area contributed by atoms with E-state index in [2.05, 4.69) is 0 Å². The quantitative estimate of drug-likeness (QED) is 0.495. The minimum Gasteiger partial charge on any atom is -0.477 e. The van der Waals surface area contributed by atoms with Gasteiger partial charge in [0.25, 0.3) is 5.91 Å². The molecule has 8 nitrogen and oxygen atoms in total. The van der Waals surface area contributed by atoms with E-state index in [1.807, 2.05) is 0 Å². The SMILES string of the molecule is O=CC1=C(C(=O)O)N2C(=O)[C@@H]3[C@H]2[C@H](C1)CN3C(=O)O. The molecule has 0 saturated carbocycles. The molecule has 19 heavy (non-hydrogen) atoms. The van der Waals surface area contributed by atoms with Crippen molar-refractivity contribution in [2.45, 2.75) is 18.5 Å². The average molecular weight is 266 g/mol. The number of carbonyl (C=O) groups excluding carboxylic acids is 2. The Kier molecular flexibility index (Phi) is 2.19. The summed E-state index contributed by atoms with van der Waals surface area (Å²) >= 11 is 0. The number of aliphatic carboxylic acids is 1. The Labute approximate surface area is 106 Å². The van der Waals surface area contributed by atoms with E-state index in [1.54, 1.807) is 0 Å². The third kappa shape index (κ3) is 1.28. The molecule has 2 fully saturated rings.